The van der Waals surface area contributed by atoms with Crippen molar-refractivity contribution in [3.8, 4) is 0 Å². The highest BCUT2D eigenvalue weighted by Crippen LogP contribution is 2.24. The quantitative estimate of drug-likeness (QED) is 0.409. The van der Waals surface area contributed by atoms with Gasteiger partial charge >= 0.3 is 11.9 Å². The molecule has 0 aromatic carbocycles. The minimum absolute atomic E-state index is 0.328. The molecule has 0 saturated carbocycles. The molecule has 24 heavy (non-hydrogen) atoms. The van der Waals surface area contributed by atoms with E-state index in [1.54, 1.807) is 0 Å². The first-order valence-corrected chi connectivity index (χ1v) is 8.89. The lowest BCUT2D eigenvalue weighted by Gasteiger charge is -2.19. The molecule has 0 bridgehead atoms. The van der Waals surface area contributed by atoms with Crippen molar-refractivity contribution in [2.75, 3.05) is 13.2 Å². The predicted molar refractivity (Wildman–Crippen MR) is 89.2 cm³/mol. The zero-order valence-electron chi connectivity index (χ0n) is 14.8. The molecule has 0 spiro atoms. The van der Waals surface area contributed by atoms with Crippen LogP contribution in [0, 0.1) is 0 Å². The molecule has 1 aliphatic rings. The molecule has 0 fully saturated rings. The third-order valence-corrected chi connectivity index (χ3v) is 3.87. The molecule has 2 unspecified atom stereocenters. The SMILES string of the molecule is CCCCCOCCCCCCC(OC(C)=O)C1=CC(=O)OC1O. The Morgan fingerprint density at radius 3 is 2.46 bits per heavy atom. The highest BCUT2D eigenvalue weighted by molar-refractivity contribution is 5.86. The van der Waals surface area contributed by atoms with Gasteiger partial charge in [-0.15, -0.1) is 0 Å². The Bertz CT molecular complexity index is 418. The van der Waals surface area contributed by atoms with Gasteiger partial charge in [0.2, 0.25) is 6.29 Å². The van der Waals surface area contributed by atoms with E-state index in [-0.39, 0.29) is 0 Å². The van der Waals surface area contributed by atoms with Gasteiger partial charge in [0.05, 0.1) is 0 Å². The number of rotatable bonds is 13. The summed E-state index contributed by atoms with van der Waals surface area (Å²) in [6.07, 6.45) is 7.28. The van der Waals surface area contributed by atoms with Gasteiger partial charge in [-0.05, 0) is 25.7 Å². The zero-order valence-corrected chi connectivity index (χ0v) is 14.8. The fourth-order valence-electron chi connectivity index (χ4n) is 2.61. The number of cyclic esters (lactones) is 1. The van der Waals surface area contributed by atoms with Gasteiger partial charge < -0.3 is 19.3 Å². The highest BCUT2D eigenvalue weighted by Gasteiger charge is 2.31. The van der Waals surface area contributed by atoms with Gasteiger partial charge in [-0.1, -0.05) is 32.6 Å². The summed E-state index contributed by atoms with van der Waals surface area (Å²) in [5.74, 6) is -1.04. The molecule has 0 saturated heterocycles. The van der Waals surface area contributed by atoms with Crippen LogP contribution in [-0.4, -0.2) is 42.7 Å². The number of unbranched alkanes of at least 4 members (excludes halogenated alkanes) is 5. The topological polar surface area (TPSA) is 82.1 Å². The van der Waals surface area contributed by atoms with Crippen molar-refractivity contribution >= 4 is 11.9 Å². The van der Waals surface area contributed by atoms with Gasteiger partial charge in [0.15, 0.2) is 0 Å². The lowest BCUT2D eigenvalue weighted by atomic mass is 10.0. The van der Waals surface area contributed by atoms with E-state index in [1.165, 1.54) is 25.8 Å². The third-order valence-electron chi connectivity index (χ3n) is 3.87. The Kier molecular flexibility index (Phi) is 10.4. The molecule has 0 aromatic heterocycles. The van der Waals surface area contributed by atoms with E-state index in [9.17, 15) is 14.7 Å². The minimum atomic E-state index is -1.31. The van der Waals surface area contributed by atoms with Crippen LogP contribution in [0.25, 0.3) is 0 Å². The van der Waals surface area contributed by atoms with Gasteiger partial charge in [0, 0.05) is 31.8 Å². The van der Waals surface area contributed by atoms with E-state index in [0.717, 1.165) is 45.3 Å². The number of ether oxygens (including phenoxy) is 3. The number of aliphatic hydroxyl groups excluding tert-OH is 1. The number of hydrogen-bond donors (Lipinski definition) is 1. The van der Waals surface area contributed by atoms with Crippen molar-refractivity contribution in [1.82, 2.24) is 0 Å². The Hall–Kier alpha value is -1.40. The molecule has 1 heterocycles. The van der Waals surface area contributed by atoms with E-state index < -0.39 is 24.3 Å². The number of hydrogen-bond acceptors (Lipinski definition) is 6. The Balaban J connectivity index is 2.18. The van der Waals surface area contributed by atoms with Gasteiger partial charge in [0.1, 0.15) is 6.10 Å². The maximum Gasteiger partial charge on any atom is 0.333 e. The third kappa shape index (κ3) is 8.45. The van der Waals surface area contributed by atoms with Crippen molar-refractivity contribution in [2.24, 2.45) is 0 Å². The summed E-state index contributed by atoms with van der Waals surface area (Å²) in [6.45, 7) is 5.10. The van der Waals surface area contributed by atoms with E-state index >= 15 is 0 Å². The average molecular weight is 342 g/mol. The fraction of sp³-hybridized carbons (Fsp3) is 0.778. The molecule has 6 nitrogen and oxygen atoms in total. The maximum atomic E-state index is 11.2. The van der Waals surface area contributed by atoms with E-state index in [2.05, 4.69) is 11.7 Å². The molecule has 0 radical (unpaired) electrons. The van der Waals surface area contributed by atoms with Crippen molar-refractivity contribution in [3.05, 3.63) is 11.6 Å². The molecule has 2 atom stereocenters. The van der Waals surface area contributed by atoms with Gasteiger partial charge in [-0.25, -0.2) is 4.79 Å². The van der Waals surface area contributed by atoms with Crippen molar-refractivity contribution in [2.45, 2.75) is 77.6 Å². The second kappa shape index (κ2) is 12.0. The Labute approximate surface area is 144 Å². The Morgan fingerprint density at radius 1 is 1.21 bits per heavy atom. The van der Waals surface area contributed by atoms with Crippen LogP contribution in [-0.2, 0) is 23.8 Å². The number of carbonyl (C=O) groups is 2. The highest BCUT2D eigenvalue weighted by atomic mass is 16.6. The normalized spacial score (nSPS) is 18.2. The summed E-state index contributed by atoms with van der Waals surface area (Å²) in [4.78, 5) is 22.4. The van der Waals surface area contributed by atoms with Crippen LogP contribution in [0.2, 0.25) is 0 Å². The maximum absolute atomic E-state index is 11.2. The van der Waals surface area contributed by atoms with E-state index in [4.69, 9.17) is 9.47 Å². The van der Waals surface area contributed by atoms with Crippen LogP contribution in [0.1, 0.15) is 65.2 Å². The second-order valence-electron chi connectivity index (χ2n) is 6.05. The molecule has 138 valence electrons. The van der Waals surface area contributed by atoms with Crippen molar-refractivity contribution in [3.63, 3.8) is 0 Å². The van der Waals surface area contributed by atoms with Gasteiger partial charge in [-0.2, -0.15) is 0 Å². The smallest absolute Gasteiger partial charge is 0.333 e. The average Bonchev–Trinajstić information content (AvgIpc) is 2.86. The lowest BCUT2D eigenvalue weighted by molar-refractivity contribution is -0.153. The molecule has 0 aromatic rings. The molecular weight excluding hydrogens is 312 g/mol. The first-order valence-electron chi connectivity index (χ1n) is 8.89. The van der Waals surface area contributed by atoms with Crippen LogP contribution in [0.3, 0.4) is 0 Å². The monoisotopic (exact) mass is 342 g/mol. The summed E-state index contributed by atoms with van der Waals surface area (Å²) in [7, 11) is 0. The first kappa shape index (κ1) is 20.6. The fourth-order valence-corrected chi connectivity index (χ4v) is 2.61. The van der Waals surface area contributed by atoms with Crippen LogP contribution >= 0.6 is 0 Å². The molecule has 1 N–H and O–H groups in total. The zero-order chi connectivity index (χ0) is 17.8. The van der Waals surface area contributed by atoms with E-state index in [1.807, 2.05) is 0 Å². The minimum Gasteiger partial charge on any atom is -0.458 e. The van der Waals surface area contributed by atoms with Gasteiger partial charge in [-0.3, -0.25) is 4.79 Å². The predicted octanol–water partition coefficient (Wildman–Crippen LogP) is 2.88. The Morgan fingerprint density at radius 2 is 1.88 bits per heavy atom. The number of aliphatic hydroxyl groups is 1. The van der Waals surface area contributed by atoms with E-state index in [0.29, 0.717) is 12.0 Å². The molecule has 6 heteroatoms. The molecular formula is C18H30O6. The van der Waals surface area contributed by atoms with Crippen molar-refractivity contribution < 1.29 is 28.9 Å². The summed E-state index contributed by atoms with van der Waals surface area (Å²) >= 11 is 0. The molecule has 1 aliphatic heterocycles. The second-order valence-corrected chi connectivity index (χ2v) is 6.05. The first-order chi connectivity index (χ1) is 11.5. The largest absolute Gasteiger partial charge is 0.458 e. The lowest BCUT2D eigenvalue weighted by Crippen LogP contribution is -2.25. The van der Waals surface area contributed by atoms with Crippen molar-refractivity contribution in [1.29, 1.82) is 0 Å². The number of carbonyl (C=O) groups excluding carboxylic acids is 2. The van der Waals surface area contributed by atoms with Crippen LogP contribution in [0.4, 0.5) is 0 Å². The number of esters is 2. The molecule has 1 rings (SSSR count). The molecule has 0 amide bonds. The van der Waals surface area contributed by atoms with Gasteiger partial charge in [0.25, 0.3) is 0 Å². The van der Waals surface area contributed by atoms with Crippen LogP contribution in [0.15, 0.2) is 11.6 Å². The summed E-state index contributed by atoms with van der Waals surface area (Å²) in [5, 5.41) is 9.68. The molecule has 0 aliphatic carbocycles. The standard InChI is InChI=1S/C18H30O6/c1-3-4-8-11-22-12-9-6-5-7-10-16(23-14(2)19)15-13-17(20)24-18(15)21/h13,16,18,21H,3-12H2,1-2H3. The summed E-state index contributed by atoms with van der Waals surface area (Å²) < 4.78 is 15.4. The van der Waals surface area contributed by atoms with Crippen LogP contribution in [0.5, 0.6) is 0 Å². The summed E-state index contributed by atoms with van der Waals surface area (Å²) in [5.41, 5.74) is 0.328. The van der Waals surface area contributed by atoms with Crippen LogP contribution < -0.4 is 0 Å². The summed E-state index contributed by atoms with van der Waals surface area (Å²) in [6, 6.07) is 0.